The summed E-state index contributed by atoms with van der Waals surface area (Å²) < 4.78 is 34.3. The van der Waals surface area contributed by atoms with E-state index in [0.717, 1.165) is 36.5 Å². The Balaban J connectivity index is 1.35. The van der Waals surface area contributed by atoms with Crippen LogP contribution in [-0.4, -0.2) is 87.5 Å². The van der Waals surface area contributed by atoms with Crippen molar-refractivity contribution >= 4 is 34.4 Å². The summed E-state index contributed by atoms with van der Waals surface area (Å²) >= 11 is -2.09. The molecule has 2 fully saturated rings. The number of ether oxygens (including phenoxy) is 2. The van der Waals surface area contributed by atoms with Crippen molar-refractivity contribution in [3.8, 4) is 0 Å². The van der Waals surface area contributed by atoms with Gasteiger partial charge < -0.3 is 29.1 Å². The van der Waals surface area contributed by atoms with Crippen LogP contribution in [0.4, 0.5) is 5.69 Å². The van der Waals surface area contributed by atoms with E-state index in [1.807, 2.05) is 44.2 Å². The first-order chi connectivity index (χ1) is 19.9. The third-order valence-electron chi connectivity index (χ3n) is 7.66. The fourth-order valence-electron chi connectivity index (χ4n) is 5.53. The maximum atomic E-state index is 13.2. The molecule has 11 heteroatoms. The number of para-hydroxylation sites is 1. The Bertz CT molecular complexity index is 1350. The van der Waals surface area contributed by atoms with Gasteiger partial charge in [-0.25, -0.2) is 8.78 Å². The summed E-state index contributed by atoms with van der Waals surface area (Å²) in [6.45, 7) is 7.02. The smallest absolute Gasteiger partial charge is 0.315 e. The van der Waals surface area contributed by atoms with E-state index in [2.05, 4.69) is 21.0 Å². The van der Waals surface area contributed by atoms with E-state index < -0.39 is 11.1 Å². The highest BCUT2D eigenvalue weighted by Gasteiger charge is 2.56. The zero-order chi connectivity index (χ0) is 28.9. The Morgan fingerprint density at radius 1 is 1.17 bits per heavy atom. The molecule has 3 heterocycles. The normalized spacial score (nSPS) is 24.1. The SMILES string of the molecule is CCOC(=O)C1CCC[N+](=C2C(NCCN(CC)C(=O)c3ccc(S(=O)O)cc3)=CN(c3ccccc3)C3OC23)C1. The zero-order valence-electron chi connectivity index (χ0n) is 23.4. The molecule has 2 saturated heterocycles. The average molecular weight is 582 g/mol. The number of piperidine rings is 1. The second-order valence-electron chi connectivity index (χ2n) is 10.2. The van der Waals surface area contributed by atoms with Crippen molar-refractivity contribution < 1.29 is 32.4 Å². The molecule has 2 aromatic carbocycles. The number of benzene rings is 2. The number of fused-ring (bicyclic) bond motifs is 1. The van der Waals surface area contributed by atoms with Gasteiger partial charge in [0.1, 0.15) is 18.2 Å². The summed E-state index contributed by atoms with van der Waals surface area (Å²) in [5.41, 5.74) is 3.44. The van der Waals surface area contributed by atoms with Crippen LogP contribution in [0.25, 0.3) is 0 Å². The van der Waals surface area contributed by atoms with E-state index in [0.29, 0.717) is 38.3 Å². The van der Waals surface area contributed by atoms with Crippen molar-refractivity contribution in [3.05, 3.63) is 72.1 Å². The number of esters is 1. The number of likely N-dealkylation sites (N-methyl/N-ethyl adjacent to an activating group) is 1. The predicted octanol–water partition coefficient (Wildman–Crippen LogP) is 2.83. The van der Waals surface area contributed by atoms with Gasteiger partial charge in [-0.3, -0.25) is 9.59 Å². The number of hydrogen-bond donors (Lipinski definition) is 2. The summed E-state index contributed by atoms with van der Waals surface area (Å²) in [5.74, 6) is -0.470. The molecule has 0 spiro atoms. The Morgan fingerprint density at radius 2 is 1.93 bits per heavy atom. The van der Waals surface area contributed by atoms with Gasteiger partial charge >= 0.3 is 5.97 Å². The van der Waals surface area contributed by atoms with Gasteiger partial charge in [0, 0.05) is 43.5 Å². The van der Waals surface area contributed by atoms with Gasteiger partial charge in [-0.05, 0) is 56.7 Å². The van der Waals surface area contributed by atoms with Crippen molar-refractivity contribution in [1.29, 1.82) is 0 Å². The number of nitrogens with zero attached hydrogens (tertiary/aromatic N) is 3. The molecule has 0 radical (unpaired) electrons. The van der Waals surface area contributed by atoms with Crippen LogP contribution in [0.1, 0.15) is 37.0 Å². The van der Waals surface area contributed by atoms with E-state index in [-0.39, 0.29) is 35.0 Å². The van der Waals surface area contributed by atoms with Crippen molar-refractivity contribution in [2.75, 3.05) is 44.2 Å². The monoisotopic (exact) mass is 581 g/mol. The zero-order valence-corrected chi connectivity index (χ0v) is 24.2. The first kappa shape index (κ1) is 29.0. The molecular formula is C30H37N4O6S+. The lowest BCUT2D eigenvalue weighted by Crippen LogP contribution is -2.46. The molecule has 218 valence electrons. The van der Waals surface area contributed by atoms with Crippen molar-refractivity contribution in [2.45, 2.75) is 43.9 Å². The lowest BCUT2D eigenvalue weighted by Gasteiger charge is -2.27. The van der Waals surface area contributed by atoms with Gasteiger partial charge in [-0.15, -0.1) is 0 Å². The van der Waals surface area contributed by atoms with E-state index in [9.17, 15) is 18.4 Å². The molecule has 4 atom stereocenters. The Labute approximate surface area is 242 Å². The third-order valence-corrected chi connectivity index (χ3v) is 8.34. The third kappa shape index (κ3) is 6.52. The maximum Gasteiger partial charge on any atom is 0.315 e. The first-order valence-electron chi connectivity index (χ1n) is 14.1. The molecular weight excluding hydrogens is 544 g/mol. The van der Waals surface area contributed by atoms with Gasteiger partial charge in [0.05, 0.1) is 11.5 Å². The molecule has 2 aromatic rings. The fraction of sp³-hybridized carbons (Fsp3) is 0.433. The minimum Gasteiger partial charge on any atom is -0.466 e. The molecule has 5 rings (SSSR count). The Morgan fingerprint density at radius 3 is 2.61 bits per heavy atom. The van der Waals surface area contributed by atoms with Gasteiger partial charge in [0.25, 0.3) is 5.91 Å². The topological polar surface area (TPSA) is 115 Å². The second-order valence-corrected chi connectivity index (χ2v) is 11.2. The van der Waals surface area contributed by atoms with Crippen LogP contribution in [0.15, 0.2) is 71.4 Å². The van der Waals surface area contributed by atoms with E-state index >= 15 is 0 Å². The van der Waals surface area contributed by atoms with Crippen molar-refractivity contribution in [1.82, 2.24) is 10.2 Å². The number of carbonyl (C=O) groups is 2. The lowest BCUT2D eigenvalue weighted by atomic mass is 9.97. The molecule has 41 heavy (non-hydrogen) atoms. The minimum atomic E-state index is -2.09. The van der Waals surface area contributed by atoms with Crippen LogP contribution >= 0.6 is 0 Å². The highest BCUT2D eigenvalue weighted by molar-refractivity contribution is 7.79. The first-order valence-corrected chi connectivity index (χ1v) is 15.3. The standard InChI is InChI=1S/C30H36N4O6S/c1-3-32(28(35)21-12-14-24(15-13-21)41(37)38)18-16-31-25-20-34(23-10-6-5-7-11-23)29-27(40-29)26(25)33-17-8-9-22(19-33)30(36)39-4-2/h5-7,10-15,20,22,27,29,31H,3-4,8-9,16-19H2,1-2H3/p+1. The number of epoxide rings is 1. The summed E-state index contributed by atoms with van der Waals surface area (Å²) in [7, 11) is 0. The van der Waals surface area contributed by atoms with Crippen LogP contribution in [0.3, 0.4) is 0 Å². The van der Waals surface area contributed by atoms with E-state index in [1.165, 1.54) is 12.1 Å². The van der Waals surface area contributed by atoms with Crippen LogP contribution in [0, 0.1) is 5.92 Å². The molecule has 0 aliphatic carbocycles. The van der Waals surface area contributed by atoms with Crippen LogP contribution in [0.5, 0.6) is 0 Å². The molecule has 0 saturated carbocycles. The van der Waals surface area contributed by atoms with Crippen LogP contribution in [0.2, 0.25) is 0 Å². The summed E-state index contributed by atoms with van der Waals surface area (Å²) in [6, 6.07) is 16.2. The number of carbonyl (C=O) groups excluding carboxylic acids is 2. The van der Waals surface area contributed by atoms with Gasteiger partial charge in [0.2, 0.25) is 5.71 Å². The quantitative estimate of drug-likeness (QED) is 0.191. The Kier molecular flexibility index (Phi) is 9.16. The van der Waals surface area contributed by atoms with Crippen LogP contribution in [-0.2, 0) is 25.3 Å². The summed E-state index contributed by atoms with van der Waals surface area (Å²) in [4.78, 5) is 29.8. The molecule has 2 N–H and O–H groups in total. The molecule has 10 nitrogen and oxygen atoms in total. The number of rotatable bonds is 10. The highest BCUT2D eigenvalue weighted by Crippen LogP contribution is 2.38. The van der Waals surface area contributed by atoms with Gasteiger partial charge in [0.15, 0.2) is 30.0 Å². The van der Waals surface area contributed by atoms with E-state index in [1.54, 1.807) is 17.0 Å². The molecule has 1 amide bonds. The Hall–Kier alpha value is -3.54. The molecule has 0 aromatic heterocycles. The van der Waals surface area contributed by atoms with Crippen molar-refractivity contribution in [2.24, 2.45) is 5.92 Å². The lowest BCUT2D eigenvalue weighted by molar-refractivity contribution is -0.544. The van der Waals surface area contributed by atoms with Gasteiger partial charge in [-0.2, -0.15) is 0 Å². The molecule has 3 aliphatic heterocycles. The number of amides is 1. The molecule has 0 bridgehead atoms. The number of anilines is 1. The number of hydrogen-bond acceptors (Lipinski definition) is 7. The predicted molar refractivity (Wildman–Crippen MR) is 155 cm³/mol. The number of nitrogens with one attached hydrogen (secondary N) is 1. The van der Waals surface area contributed by atoms with E-state index in [4.69, 9.17) is 9.47 Å². The molecule has 4 unspecified atom stereocenters. The van der Waals surface area contributed by atoms with Crippen molar-refractivity contribution in [3.63, 3.8) is 0 Å². The largest absolute Gasteiger partial charge is 0.466 e. The van der Waals surface area contributed by atoms with Crippen LogP contribution < -0.4 is 10.2 Å². The van der Waals surface area contributed by atoms with Gasteiger partial charge in [-0.1, -0.05) is 18.2 Å². The average Bonchev–Trinajstić information content (AvgIpc) is 3.80. The second kappa shape index (κ2) is 13.0. The summed E-state index contributed by atoms with van der Waals surface area (Å²) in [5, 5.41) is 3.57. The maximum absolute atomic E-state index is 13.2. The highest BCUT2D eigenvalue weighted by atomic mass is 32.2. The summed E-state index contributed by atoms with van der Waals surface area (Å²) in [6.07, 6.45) is 3.54. The minimum absolute atomic E-state index is 0.106. The molecule has 3 aliphatic rings. The fourth-order valence-corrected chi connectivity index (χ4v) is 5.90.